The Hall–Kier alpha value is -3.42. The summed E-state index contributed by atoms with van der Waals surface area (Å²) in [5, 5.41) is 2.87. The summed E-state index contributed by atoms with van der Waals surface area (Å²) in [4.78, 5) is 24.2. The van der Waals surface area contributed by atoms with Gasteiger partial charge in [-0.15, -0.1) is 0 Å². The second-order valence-corrected chi connectivity index (χ2v) is 6.39. The number of hydrogen-bond acceptors (Lipinski definition) is 6. The zero-order valence-electron chi connectivity index (χ0n) is 16.7. The fourth-order valence-corrected chi connectivity index (χ4v) is 3.14. The van der Waals surface area contributed by atoms with Gasteiger partial charge in [-0.3, -0.25) is 9.36 Å². The Kier molecular flexibility index (Phi) is 6.43. The van der Waals surface area contributed by atoms with Crippen LogP contribution in [0.3, 0.4) is 0 Å². The highest BCUT2D eigenvalue weighted by molar-refractivity contribution is 5.76. The van der Waals surface area contributed by atoms with Crippen molar-refractivity contribution < 1.29 is 23.4 Å². The smallest absolute Gasteiger partial charge is 0.419 e. The Labute approximate surface area is 168 Å². The van der Waals surface area contributed by atoms with E-state index in [1.165, 1.54) is 0 Å². The number of aryl methyl sites for hydroxylation is 1. The van der Waals surface area contributed by atoms with Crippen LogP contribution in [0.4, 0.5) is 0 Å². The third-order valence-corrected chi connectivity index (χ3v) is 4.62. The summed E-state index contributed by atoms with van der Waals surface area (Å²) >= 11 is 0. The number of oxazole rings is 1. The zero-order chi connectivity index (χ0) is 20.8. The minimum Gasteiger partial charge on any atom is -0.496 e. The van der Waals surface area contributed by atoms with Gasteiger partial charge >= 0.3 is 5.76 Å². The molecule has 1 heterocycles. The highest BCUT2D eigenvalue weighted by Gasteiger charge is 2.13. The van der Waals surface area contributed by atoms with E-state index in [1.54, 1.807) is 44.1 Å². The van der Waals surface area contributed by atoms with Gasteiger partial charge in [-0.1, -0.05) is 12.1 Å². The van der Waals surface area contributed by atoms with Crippen molar-refractivity contribution >= 4 is 17.0 Å². The normalized spacial score (nSPS) is 10.7. The summed E-state index contributed by atoms with van der Waals surface area (Å²) in [7, 11) is 4.65. The maximum Gasteiger partial charge on any atom is 0.419 e. The Morgan fingerprint density at radius 3 is 2.45 bits per heavy atom. The number of aromatic nitrogens is 1. The zero-order valence-corrected chi connectivity index (χ0v) is 16.7. The molecule has 0 spiro atoms. The van der Waals surface area contributed by atoms with Crippen molar-refractivity contribution in [2.24, 2.45) is 0 Å². The van der Waals surface area contributed by atoms with Crippen LogP contribution < -0.4 is 25.3 Å². The topological polar surface area (TPSA) is 91.9 Å². The average molecular weight is 400 g/mol. The number of hydrogen-bond donors (Lipinski definition) is 1. The van der Waals surface area contributed by atoms with Crippen molar-refractivity contribution in [2.45, 2.75) is 25.9 Å². The maximum absolute atomic E-state index is 12.3. The Bertz CT molecular complexity index is 1050. The second-order valence-electron chi connectivity index (χ2n) is 6.39. The molecule has 0 saturated heterocycles. The summed E-state index contributed by atoms with van der Waals surface area (Å²) in [6.45, 7) is 0.694. The first-order valence-corrected chi connectivity index (χ1v) is 9.21. The van der Waals surface area contributed by atoms with E-state index >= 15 is 0 Å². The minimum atomic E-state index is -0.415. The van der Waals surface area contributed by atoms with Crippen LogP contribution in [-0.4, -0.2) is 31.8 Å². The van der Waals surface area contributed by atoms with Gasteiger partial charge in [-0.05, 0) is 24.6 Å². The van der Waals surface area contributed by atoms with Gasteiger partial charge in [0.25, 0.3) is 0 Å². The van der Waals surface area contributed by atoms with Crippen molar-refractivity contribution in [3.63, 3.8) is 0 Å². The van der Waals surface area contributed by atoms with Crippen molar-refractivity contribution in [3.05, 3.63) is 52.5 Å². The number of carbonyl (C=O) groups excluding carboxylic acids is 1. The average Bonchev–Trinajstić information content (AvgIpc) is 3.06. The molecule has 0 radical (unpaired) electrons. The Balaban J connectivity index is 1.58. The predicted octanol–water partition coefficient (Wildman–Crippen LogP) is 2.72. The molecule has 3 aromatic rings. The lowest BCUT2D eigenvalue weighted by Gasteiger charge is -2.14. The van der Waals surface area contributed by atoms with E-state index in [1.807, 2.05) is 18.2 Å². The standard InChI is InChI=1S/C21H24N2O6/c1-26-17-12-19(28-3)18(27-2)11-14(17)13-22-20(24)9-6-10-23-15-7-4-5-8-16(15)29-21(23)25/h4-5,7-8,11-12H,6,9-10,13H2,1-3H3,(H,22,24). The number of benzene rings is 2. The molecule has 1 amide bonds. The van der Waals surface area contributed by atoms with Gasteiger partial charge in [0.05, 0.1) is 26.8 Å². The molecule has 154 valence electrons. The van der Waals surface area contributed by atoms with Crippen molar-refractivity contribution in [1.82, 2.24) is 9.88 Å². The number of carbonyl (C=O) groups is 1. The SMILES string of the molecule is COc1cc(OC)c(OC)cc1CNC(=O)CCCn1c(=O)oc2ccccc21. The van der Waals surface area contributed by atoms with E-state index in [4.69, 9.17) is 18.6 Å². The molecule has 1 N–H and O–H groups in total. The van der Waals surface area contributed by atoms with Crippen LogP contribution in [0.15, 0.2) is 45.6 Å². The molecule has 0 aliphatic heterocycles. The van der Waals surface area contributed by atoms with Gasteiger partial charge in [0, 0.05) is 31.1 Å². The monoisotopic (exact) mass is 400 g/mol. The Morgan fingerprint density at radius 1 is 1.03 bits per heavy atom. The van der Waals surface area contributed by atoms with Crippen LogP contribution in [0.25, 0.3) is 11.1 Å². The molecule has 0 aliphatic rings. The van der Waals surface area contributed by atoms with Gasteiger partial charge in [0.15, 0.2) is 17.1 Å². The van der Waals surface area contributed by atoms with Crippen LogP contribution in [0.1, 0.15) is 18.4 Å². The molecule has 2 aromatic carbocycles. The molecule has 0 aliphatic carbocycles. The first-order chi connectivity index (χ1) is 14.1. The molecule has 0 saturated carbocycles. The molecule has 0 atom stereocenters. The van der Waals surface area contributed by atoms with Crippen molar-refractivity contribution in [3.8, 4) is 17.2 Å². The van der Waals surface area contributed by atoms with E-state index in [0.717, 1.165) is 11.1 Å². The van der Waals surface area contributed by atoms with Gasteiger partial charge in [-0.2, -0.15) is 0 Å². The van der Waals surface area contributed by atoms with E-state index in [2.05, 4.69) is 5.32 Å². The van der Waals surface area contributed by atoms with Gasteiger partial charge in [0.1, 0.15) is 5.75 Å². The molecule has 0 bridgehead atoms. The number of ether oxygens (including phenoxy) is 3. The molecule has 0 unspecified atom stereocenters. The summed E-state index contributed by atoms with van der Waals surface area (Å²) in [5.41, 5.74) is 2.05. The number of methoxy groups -OCH3 is 3. The lowest BCUT2D eigenvalue weighted by molar-refractivity contribution is -0.121. The predicted molar refractivity (Wildman–Crippen MR) is 108 cm³/mol. The Morgan fingerprint density at radius 2 is 1.72 bits per heavy atom. The quantitative estimate of drug-likeness (QED) is 0.594. The van der Waals surface area contributed by atoms with Crippen LogP contribution in [0, 0.1) is 0 Å². The molecule has 8 heteroatoms. The first kappa shape index (κ1) is 20.3. The number of para-hydroxylation sites is 2. The number of nitrogens with zero attached hydrogens (tertiary/aromatic N) is 1. The van der Waals surface area contributed by atoms with Gasteiger partial charge in [0.2, 0.25) is 5.91 Å². The third-order valence-electron chi connectivity index (χ3n) is 4.62. The van der Waals surface area contributed by atoms with Crippen molar-refractivity contribution in [2.75, 3.05) is 21.3 Å². The van der Waals surface area contributed by atoms with Crippen LogP contribution >= 0.6 is 0 Å². The van der Waals surface area contributed by atoms with Crippen molar-refractivity contribution in [1.29, 1.82) is 0 Å². The number of fused-ring (bicyclic) bond motifs is 1. The van der Waals surface area contributed by atoms with Gasteiger partial charge in [-0.25, -0.2) is 4.79 Å². The summed E-state index contributed by atoms with van der Waals surface area (Å²) in [5.74, 6) is 1.17. The maximum atomic E-state index is 12.3. The lowest BCUT2D eigenvalue weighted by Crippen LogP contribution is -2.24. The van der Waals surface area contributed by atoms with Crippen LogP contribution in [-0.2, 0) is 17.9 Å². The highest BCUT2D eigenvalue weighted by Crippen LogP contribution is 2.34. The third kappa shape index (κ3) is 4.53. The molecule has 1 aromatic heterocycles. The molecule has 29 heavy (non-hydrogen) atoms. The highest BCUT2D eigenvalue weighted by atomic mass is 16.5. The molecule has 8 nitrogen and oxygen atoms in total. The summed E-state index contributed by atoms with van der Waals surface area (Å²) in [6.07, 6.45) is 0.792. The number of nitrogens with one attached hydrogen (secondary N) is 1. The summed E-state index contributed by atoms with van der Waals surface area (Å²) in [6, 6.07) is 10.7. The van der Waals surface area contributed by atoms with Crippen LogP contribution in [0.2, 0.25) is 0 Å². The number of amides is 1. The van der Waals surface area contributed by atoms with Crippen LogP contribution in [0.5, 0.6) is 17.2 Å². The molecule has 3 rings (SSSR count). The van der Waals surface area contributed by atoms with E-state index in [0.29, 0.717) is 35.8 Å². The molecular weight excluding hydrogens is 376 g/mol. The molecule has 0 fully saturated rings. The van der Waals surface area contributed by atoms with Gasteiger partial charge < -0.3 is 23.9 Å². The number of rotatable bonds is 9. The van der Waals surface area contributed by atoms with E-state index < -0.39 is 5.76 Å². The lowest BCUT2D eigenvalue weighted by atomic mass is 10.1. The molecular formula is C21H24N2O6. The fourth-order valence-electron chi connectivity index (χ4n) is 3.14. The fraction of sp³-hybridized carbons (Fsp3) is 0.333. The van der Waals surface area contributed by atoms with E-state index in [9.17, 15) is 9.59 Å². The summed E-state index contributed by atoms with van der Waals surface area (Å²) < 4.78 is 22.7. The second kappa shape index (κ2) is 9.18. The van der Waals surface area contributed by atoms with E-state index in [-0.39, 0.29) is 18.9 Å². The largest absolute Gasteiger partial charge is 0.496 e. The minimum absolute atomic E-state index is 0.123. The first-order valence-electron chi connectivity index (χ1n) is 9.21.